The summed E-state index contributed by atoms with van der Waals surface area (Å²) in [7, 11) is 1.29. The topological polar surface area (TPSA) is 61.8 Å². The van der Waals surface area contributed by atoms with Crippen LogP contribution in [-0.4, -0.2) is 31.3 Å². The highest BCUT2D eigenvalue weighted by Gasteiger charge is 2.61. The lowest BCUT2D eigenvalue weighted by atomic mass is 9.76. The van der Waals surface area contributed by atoms with Gasteiger partial charge in [0, 0.05) is 17.6 Å². The molecular formula is C18H17FO5. The normalized spacial score (nSPS) is 33.8. The van der Waals surface area contributed by atoms with Crippen molar-refractivity contribution in [3.05, 3.63) is 41.2 Å². The minimum absolute atomic E-state index is 0.0304. The average molecular weight is 332 g/mol. The van der Waals surface area contributed by atoms with E-state index in [2.05, 4.69) is 4.74 Å². The van der Waals surface area contributed by atoms with Crippen molar-refractivity contribution in [1.82, 2.24) is 0 Å². The van der Waals surface area contributed by atoms with Gasteiger partial charge in [0.05, 0.1) is 25.2 Å². The van der Waals surface area contributed by atoms with E-state index in [1.807, 2.05) is 0 Å². The van der Waals surface area contributed by atoms with Gasteiger partial charge in [0.25, 0.3) is 0 Å². The summed E-state index contributed by atoms with van der Waals surface area (Å²) in [6.45, 7) is 0. The quantitative estimate of drug-likeness (QED) is 0.628. The fourth-order valence-corrected chi connectivity index (χ4v) is 4.13. The van der Waals surface area contributed by atoms with E-state index in [1.54, 1.807) is 12.1 Å². The summed E-state index contributed by atoms with van der Waals surface area (Å²) in [6, 6.07) is 4.24. The molecule has 126 valence electrons. The zero-order valence-corrected chi connectivity index (χ0v) is 13.1. The fourth-order valence-electron chi connectivity index (χ4n) is 4.13. The third kappa shape index (κ3) is 2.33. The highest BCUT2D eigenvalue weighted by molar-refractivity contribution is 5.87. The molecule has 0 aromatic heterocycles. The van der Waals surface area contributed by atoms with E-state index in [9.17, 15) is 14.0 Å². The molecule has 0 aliphatic carbocycles. The standard InChI is InChI=1S/C18H17FO5/c1-22-14(20)7-3-9-2-4-10(19)8-11(9)17-15-12-5-6-13(23-12)16(15)18(21)24-17/h2-4,7-8,12-13,15-17H,5-6H2,1H3. The molecule has 0 saturated carbocycles. The van der Waals surface area contributed by atoms with E-state index < -0.39 is 17.9 Å². The van der Waals surface area contributed by atoms with Gasteiger partial charge in [0.1, 0.15) is 11.9 Å². The van der Waals surface area contributed by atoms with Crippen molar-refractivity contribution in [2.75, 3.05) is 7.11 Å². The van der Waals surface area contributed by atoms with Gasteiger partial charge in [-0.15, -0.1) is 0 Å². The van der Waals surface area contributed by atoms with Crippen molar-refractivity contribution >= 4 is 18.0 Å². The number of cyclic esters (lactones) is 1. The third-order valence-corrected chi connectivity index (χ3v) is 5.15. The highest BCUT2D eigenvalue weighted by atomic mass is 19.1. The van der Waals surface area contributed by atoms with Crippen LogP contribution >= 0.6 is 0 Å². The number of carbonyl (C=O) groups excluding carboxylic acids is 2. The first-order valence-electron chi connectivity index (χ1n) is 8.00. The first-order valence-corrected chi connectivity index (χ1v) is 8.00. The molecule has 0 amide bonds. The summed E-state index contributed by atoms with van der Waals surface area (Å²) >= 11 is 0. The Hall–Kier alpha value is -2.21. The Bertz CT molecular complexity index is 728. The molecule has 2 bridgehead atoms. The maximum absolute atomic E-state index is 13.8. The van der Waals surface area contributed by atoms with Crippen LogP contribution < -0.4 is 0 Å². The van der Waals surface area contributed by atoms with Crippen LogP contribution in [-0.2, 0) is 23.8 Å². The second-order valence-corrected chi connectivity index (χ2v) is 6.38. The summed E-state index contributed by atoms with van der Waals surface area (Å²) in [6.07, 6.45) is 3.91. The van der Waals surface area contributed by atoms with Crippen LogP contribution in [0.5, 0.6) is 0 Å². The lowest BCUT2D eigenvalue weighted by Gasteiger charge is -2.23. The molecule has 1 aromatic rings. The zero-order valence-electron chi connectivity index (χ0n) is 13.1. The van der Waals surface area contributed by atoms with Crippen molar-refractivity contribution in [3.63, 3.8) is 0 Å². The molecule has 0 spiro atoms. The second-order valence-electron chi connectivity index (χ2n) is 6.38. The zero-order chi connectivity index (χ0) is 16.8. The minimum Gasteiger partial charge on any atom is -0.466 e. The maximum Gasteiger partial charge on any atom is 0.330 e. The van der Waals surface area contributed by atoms with Gasteiger partial charge in [0.15, 0.2) is 0 Å². The number of benzene rings is 1. The van der Waals surface area contributed by atoms with Crippen molar-refractivity contribution in [2.24, 2.45) is 11.8 Å². The molecule has 24 heavy (non-hydrogen) atoms. The summed E-state index contributed by atoms with van der Waals surface area (Å²) in [5.74, 6) is -1.55. The Kier molecular flexibility index (Phi) is 3.64. The monoisotopic (exact) mass is 332 g/mol. The maximum atomic E-state index is 13.8. The molecule has 3 aliphatic heterocycles. The predicted molar refractivity (Wildman–Crippen MR) is 81.2 cm³/mol. The molecule has 1 aromatic carbocycles. The first-order chi connectivity index (χ1) is 11.6. The van der Waals surface area contributed by atoms with Crippen LogP contribution in [0.2, 0.25) is 0 Å². The van der Waals surface area contributed by atoms with Gasteiger partial charge in [-0.2, -0.15) is 0 Å². The van der Waals surface area contributed by atoms with Crippen LogP contribution in [0.3, 0.4) is 0 Å². The van der Waals surface area contributed by atoms with Gasteiger partial charge in [-0.3, -0.25) is 4.79 Å². The molecule has 3 heterocycles. The van der Waals surface area contributed by atoms with Crippen molar-refractivity contribution < 1.29 is 28.2 Å². The Morgan fingerprint density at radius 3 is 2.92 bits per heavy atom. The molecule has 5 unspecified atom stereocenters. The number of rotatable bonds is 3. The number of esters is 2. The molecule has 0 N–H and O–H groups in total. The SMILES string of the molecule is COC(=O)C=Cc1ccc(F)cc1C1OC(=O)C2C3CCC(O3)C12. The van der Waals surface area contributed by atoms with Gasteiger partial charge in [0.2, 0.25) is 0 Å². The van der Waals surface area contributed by atoms with E-state index in [1.165, 1.54) is 25.3 Å². The lowest BCUT2D eigenvalue weighted by molar-refractivity contribution is -0.147. The number of methoxy groups -OCH3 is 1. The Balaban J connectivity index is 1.71. The van der Waals surface area contributed by atoms with Crippen molar-refractivity contribution in [3.8, 4) is 0 Å². The predicted octanol–water partition coefficient (Wildman–Crippen LogP) is 2.40. The largest absolute Gasteiger partial charge is 0.466 e. The molecule has 3 saturated heterocycles. The fraction of sp³-hybridized carbons (Fsp3) is 0.444. The Morgan fingerprint density at radius 1 is 1.33 bits per heavy atom. The number of halogens is 1. The van der Waals surface area contributed by atoms with E-state index in [-0.39, 0.29) is 30.0 Å². The van der Waals surface area contributed by atoms with Gasteiger partial charge >= 0.3 is 11.9 Å². The molecule has 3 aliphatic rings. The Labute approximate surface area is 138 Å². The van der Waals surface area contributed by atoms with E-state index in [4.69, 9.17) is 9.47 Å². The summed E-state index contributed by atoms with van der Waals surface area (Å²) in [5, 5.41) is 0. The smallest absolute Gasteiger partial charge is 0.330 e. The first kappa shape index (κ1) is 15.3. The minimum atomic E-state index is -0.550. The van der Waals surface area contributed by atoms with Crippen molar-refractivity contribution in [1.29, 1.82) is 0 Å². The molecule has 5 nitrogen and oxygen atoms in total. The molecule has 6 heteroatoms. The van der Waals surface area contributed by atoms with Gasteiger partial charge in [-0.05, 0) is 36.6 Å². The van der Waals surface area contributed by atoms with Gasteiger partial charge in [-0.1, -0.05) is 6.07 Å². The van der Waals surface area contributed by atoms with Crippen LogP contribution in [0.15, 0.2) is 24.3 Å². The lowest BCUT2D eigenvalue weighted by Crippen LogP contribution is -2.28. The summed E-state index contributed by atoms with van der Waals surface area (Å²) < 4.78 is 29.8. The average Bonchev–Trinajstić information content (AvgIpc) is 3.27. The second kappa shape index (κ2) is 5.70. The van der Waals surface area contributed by atoms with E-state index in [0.717, 1.165) is 12.8 Å². The van der Waals surface area contributed by atoms with Crippen molar-refractivity contribution in [2.45, 2.75) is 31.2 Å². The van der Waals surface area contributed by atoms with Crippen LogP contribution in [0, 0.1) is 17.7 Å². The van der Waals surface area contributed by atoms with E-state index >= 15 is 0 Å². The van der Waals surface area contributed by atoms with Crippen LogP contribution in [0.25, 0.3) is 6.08 Å². The number of fused-ring (bicyclic) bond motifs is 5. The number of ether oxygens (including phenoxy) is 3. The Morgan fingerprint density at radius 2 is 2.12 bits per heavy atom. The van der Waals surface area contributed by atoms with Crippen LogP contribution in [0.1, 0.15) is 30.1 Å². The molecule has 0 radical (unpaired) electrons. The van der Waals surface area contributed by atoms with Gasteiger partial charge < -0.3 is 14.2 Å². The summed E-state index contributed by atoms with van der Waals surface area (Å²) in [5.41, 5.74) is 1.19. The molecule has 5 atom stereocenters. The molecular weight excluding hydrogens is 315 g/mol. The molecule has 3 fully saturated rings. The third-order valence-electron chi connectivity index (χ3n) is 5.15. The van der Waals surface area contributed by atoms with Crippen LogP contribution in [0.4, 0.5) is 4.39 Å². The van der Waals surface area contributed by atoms with E-state index in [0.29, 0.717) is 11.1 Å². The number of hydrogen-bond acceptors (Lipinski definition) is 5. The highest BCUT2D eigenvalue weighted by Crippen LogP contribution is 2.55. The number of carbonyl (C=O) groups is 2. The van der Waals surface area contributed by atoms with Gasteiger partial charge in [-0.25, -0.2) is 9.18 Å². The number of hydrogen-bond donors (Lipinski definition) is 0. The summed E-state index contributed by atoms with van der Waals surface area (Å²) in [4.78, 5) is 23.6. The molecule has 4 rings (SSSR count).